The standard InChI is InChI=1S/C17H19NO3/c1-2-10-18-11-14(21-17(18)19)12-20-16-9-5-7-13-6-3-4-8-15(13)16/h3-9,14H,2,10-12H2,1H3. The van der Waals surface area contributed by atoms with E-state index in [0.29, 0.717) is 13.2 Å². The molecule has 110 valence electrons. The van der Waals surface area contributed by atoms with Gasteiger partial charge in [0, 0.05) is 11.9 Å². The van der Waals surface area contributed by atoms with Gasteiger partial charge in [-0.15, -0.1) is 0 Å². The highest BCUT2D eigenvalue weighted by atomic mass is 16.6. The fourth-order valence-corrected chi connectivity index (χ4v) is 2.62. The summed E-state index contributed by atoms with van der Waals surface area (Å²) >= 11 is 0. The Morgan fingerprint density at radius 1 is 1.24 bits per heavy atom. The molecular weight excluding hydrogens is 266 g/mol. The maximum Gasteiger partial charge on any atom is 0.410 e. The molecule has 4 heteroatoms. The van der Waals surface area contributed by atoms with E-state index in [-0.39, 0.29) is 12.2 Å². The number of rotatable bonds is 5. The number of amides is 1. The van der Waals surface area contributed by atoms with E-state index in [1.54, 1.807) is 4.90 Å². The minimum absolute atomic E-state index is 0.192. The van der Waals surface area contributed by atoms with E-state index in [1.165, 1.54) is 0 Å². The Bertz CT molecular complexity index is 635. The summed E-state index contributed by atoms with van der Waals surface area (Å²) in [6, 6.07) is 14.1. The fourth-order valence-electron chi connectivity index (χ4n) is 2.62. The number of cyclic esters (lactones) is 1. The molecule has 0 aromatic heterocycles. The van der Waals surface area contributed by atoms with Crippen molar-refractivity contribution in [2.24, 2.45) is 0 Å². The summed E-state index contributed by atoms with van der Waals surface area (Å²) in [6.07, 6.45) is 0.512. The average molecular weight is 285 g/mol. The summed E-state index contributed by atoms with van der Waals surface area (Å²) in [7, 11) is 0. The van der Waals surface area contributed by atoms with Crippen molar-refractivity contribution in [2.75, 3.05) is 19.7 Å². The number of hydrogen-bond acceptors (Lipinski definition) is 3. The Balaban J connectivity index is 1.66. The van der Waals surface area contributed by atoms with E-state index in [1.807, 2.05) is 37.3 Å². The van der Waals surface area contributed by atoms with Crippen LogP contribution >= 0.6 is 0 Å². The molecule has 1 amide bonds. The molecule has 0 bridgehead atoms. The van der Waals surface area contributed by atoms with Crippen LogP contribution in [0.2, 0.25) is 0 Å². The molecular formula is C17H19NO3. The Labute approximate surface area is 124 Å². The number of fused-ring (bicyclic) bond motifs is 1. The van der Waals surface area contributed by atoms with Crippen LogP contribution in [0.5, 0.6) is 5.75 Å². The summed E-state index contributed by atoms with van der Waals surface area (Å²) < 4.78 is 11.2. The van der Waals surface area contributed by atoms with Crippen LogP contribution in [0.15, 0.2) is 42.5 Å². The van der Waals surface area contributed by atoms with Gasteiger partial charge in [0.05, 0.1) is 6.54 Å². The van der Waals surface area contributed by atoms with Gasteiger partial charge in [-0.05, 0) is 17.9 Å². The molecule has 1 aliphatic rings. The number of carbonyl (C=O) groups is 1. The number of benzene rings is 2. The van der Waals surface area contributed by atoms with E-state index in [0.717, 1.165) is 29.5 Å². The van der Waals surface area contributed by atoms with Gasteiger partial charge >= 0.3 is 6.09 Å². The van der Waals surface area contributed by atoms with Crippen LogP contribution in [0.3, 0.4) is 0 Å². The molecule has 2 aromatic carbocycles. The molecule has 2 aromatic rings. The first-order valence-corrected chi connectivity index (χ1v) is 7.34. The SMILES string of the molecule is CCCN1CC(COc2cccc3ccccc23)OC1=O. The molecule has 0 aliphatic carbocycles. The lowest BCUT2D eigenvalue weighted by atomic mass is 10.1. The molecule has 1 heterocycles. The number of carbonyl (C=O) groups excluding carboxylic acids is 1. The summed E-state index contributed by atoms with van der Waals surface area (Å²) in [5.74, 6) is 0.832. The third kappa shape index (κ3) is 2.94. The van der Waals surface area contributed by atoms with Gasteiger partial charge in [0.25, 0.3) is 0 Å². The smallest absolute Gasteiger partial charge is 0.410 e. The van der Waals surface area contributed by atoms with Crippen molar-refractivity contribution in [3.63, 3.8) is 0 Å². The number of ether oxygens (including phenoxy) is 2. The van der Waals surface area contributed by atoms with Crippen LogP contribution in [0.1, 0.15) is 13.3 Å². The third-order valence-electron chi connectivity index (χ3n) is 3.62. The Morgan fingerprint density at radius 2 is 2.05 bits per heavy atom. The molecule has 0 saturated carbocycles. The van der Waals surface area contributed by atoms with E-state index in [2.05, 4.69) is 12.1 Å². The van der Waals surface area contributed by atoms with Crippen molar-refractivity contribution in [1.29, 1.82) is 0 Å². The number of nitrogens with zero attached hydrogens (tertiary/aromatic N) is 1. The van der Waals surface area contributed by atoms with Crippen LogP contribution < -0.4 is 4.74 Å². The minimum atomic E-state index is -0.233. The highest BCUT2D eigenvalue weighted by molar-refractivity contribution is 5.88. The van der Waals surface area contributed by atoms with Crippen LogP contribution in [0.25, 0.3) is 10.8 Å². The lowest BCUT2D eigenvalue weighted by Crippen LogP contribution is -2.27. The van der Waals surface area contributed by atoms with Crippen LogP contribution in [-0.2, 0) is 4.74 Å². The summed E-state index contributed by atoms with van der Waals surface area (Å²) in [6.45, 7) is 3.79. The molecule has 1 unspecified atom stereocenters. The Morgan fingerprint density at radius 3 is 2.90 bits per heavy atom. The van der Waals surface area contributed by atoms with Gasteiger partial charge in [-0.1, -0.05) is 43.3 Å². The van der Waals surface area contributed by atoms with Crippen LogP contribution in [-0.4, -0.2) is 36.8 Å². The molecule has 21 heavy (non-hydrogen) atoms. The van der Waals surface area contributed by atoms with Crippen molar-refractivity contribution in [2.45, 2.75) is 19.4 Å². The highest BCUT2D eigenvalue weighted by Crippen LogP contribution is 2.25. The average Bonchev–Trinajstić information content (AvgIpc) is 2.86. The largest absolute Gasteiger partial charge is 0.489 e. The Kier molecular flexibility index (Phi) is 3.95. The fraction of sp³-hybridized carbons (Fsp3) is 0.353. The molecule has 0 spiro atoms. The molecule has 1 fully saturated rings. The molecule has 0 radical (unpaired) electrons. The molecule has 1 aliphatic heterocycles. The van der Waals surface area contributed by atoms with E-state index < -0.39 is 0 Å². The predicted octanol–water partition coefficient (Wildman–Crippen LogP) is 3.45. The second-order valence-corrected chi connectivity index (χ2v) is 5.24. The summed E-state index contributed by atoms with van der Waals surface area (Å²) in [5.41, 5.74) is 0. The topological polar surface area (TPSA) is 38.8 Å². The first-order valence-electron chi connectivity index (χ1n) is 7.34. The van der Waals surface area contributed by atoms with Crippen LogP contribution in [0.4, 0.5) is 4.79 Å². The minimum Gasteiger partial charge on any atom is -0.489 e. The Hall–Kier alpha value is -2.23. The lowest BCUT2D eigenvalue weighted by Gasteiger charge is -2.13. The van der Waals surface area contributed by atoms with Gasteiger partial charge in [0.15, 0.2) is 6.10 Å². The van der Waals surface area contributed by atoms with E-state index >= 15 is 0 Å². The van der Waals surface area contributed by atoms with E-state index in [9.17, 15) is 4.79 Å². The van der Waals surface area contributed by atoms with Crippen molar-refractivity contribution in [1.82, 2.24) is 4.90 Å². The normalized spacial score (nSPS) is 18.0. The van der Waals surface area contributed by atoms with Gasteiger partial charge in [0.2, 0.25) is 0 Å². The maximum atomic E-state index is 11.6. The molecule has 0 N–H and O–H groups in total. The molecule has 1 atom stereocenters. The zero-order chi connectivity index (χ0) is 14.7. The highest BCUT2D eigenvalue weighted by Gasteiger charge is 2.30. The maximum absolute atomic E-state index is 11.6. The predicted molar refractivity (Wildman–Crippen MR) is 81.6 cm³/mol. The van der Waals surface area contributed by atoms with Gasteiger partial charge < -0.3 is 14.4 Å². The van der Waals surface area contributed by atoms with Gasteiger partial charge in [-0.2, -0.15) is 0 Å². The van der Waals surface area contributed by atoms with Gasteiger partial charge in [0.1, 0.15) is 12.4 Å². The second-order valence-electron chi connectivity index (χ2n) is 5.24. The van der Waals surface area contributed by atoms with Crippen LogP contribution in [0, 0.1) is 0 Å². The molecule has 4 nitrogen and oxygen atoms in total. The monoisotopic (exact) mass is 285 g/mol. The number of hydrogen-bond donors (Lipinski definition) is 0. The first kappa shape index (κ1) is 13.7. The quantitative estimate of drug-likeness (QED) is 0.844. The van der Waals surface area contributed by atoms with Crippen molar-refractivity contribution in [3.05, 3.63) is 42.5 Å². The zero-order valence-electron chi connectivity index (χ0n) is 12.1. The van der Waals surface area contributed by atoms with Gasteiger partial charge in [-0.25, -0.2) is 4.79 Å². The van der Waals surface area contributed by atoms with Crippen molar-refractivity contribution < 1.29 is 14.3 Å². The van der Waals surface area contributed by atoms with Gasteiger partial charge in [-0.3, -0.25) is 0 Å². The van der Waals surface area contributed by atoms with Crippen molar-refractivity contribution >= 4 is 16.9 Å². The van der Waals surface area contributed by atoms with Crippen molar-refractivity contribution in [3.8, 4) is 5.75 Å². The summed E-state index contributed by atoms with van der Waals surface area (Å²) in [5, 5.41) is 2.22. The molecule has 3 rings (SSSR count). The zero-order valence-corrected chi connectivity index (χ0v) is 12.1. The third-order valence-corrected chi connectivity index (χ3v) is 3.62. The lowest BCUT2D eigenvalue weighted by molar-refractivity contribution is 0.103. The summed E-state index contributed by atoms with van der Waals surface area (Å²) in [4.78, 5) is 13.4. The van der Waals surface area contributed by atoms with E-state index in [4.69, 9.17) is 9.47 Å². The second kappa shape index (κ2) is 6.04. The molecule has 1 saturated heterocycles. The first-order chi connectivity index (χ1) is 10.3.